The smallest absolute Gasteiger partial charge is 0.313 e. The molecule has 2 aromatic rings. The van der Waals surface area contributed by atoms with Crippen molar-refractivity contribution in [2.24, 2.45) is 0 Å². The number of aromatic hydroxyl groups is 1. The number of aryl methyl sites for hydroxylation is 1. The number of phenols is 1. The molecule has 0 fully saturated rings. The fraction of sp³-hybridized carbons (Fsp3) is 0.222. The van der Waals surface area contributed by atoms with Gasteiger partial charge in [-0.25, -0.2) is 0 Å². The summed E-state index contributed by atoms with van der Waals surface area (Å²) >= 11 is 0. The molecule has 0 saturated carbocycles. The van der Waals surface area contributed by atoms with Crippen LogP contribution in [0.1, 0.15) is 31.0 Å². The fourth-order valence-corrected chi connectivity index (χ4v) is 2.16. The van der Waals surface area contributed by atoms with Crippen molar-refractivity contribution in [2.45, 2.75) is 26.3 Å². The molecule has 0 aromatic heterocycles. The predicted molar refractivity (Wildman–Crippen MR) is 89.1 cm³/mol. The van der Waals surface area contributed by atoms with Crippen molar-refractivity contribution in [2.75, 3.05) is 5.32 Å². The molecule has 0 aliphatic rings. The van der Waals surface area contributed by atoms with Gasteiger partial charge in [0, 0.05) is 11.8 Å². The van der Waals surface area contributed by atoms with E-state index in [9.17, 15) is 14.7 Å². The number of carbonyl (C=O) groups excluding carboxylic acids is 2. The van der Waals surface area contributed by atoms with Crippen molar-refractivity contribution in [1.29, 1.82) is 0 Å². The molecule has 0 bridgehead atoms. The number of rotatable bonds is 4. The number of phenolic OH excluding ortho intramolecular Hbond substituents is 1. The van der Waals surface area contributed by atoms with Gasteiger partial charge in [-0.05, 0) is 36.6 Å². The lowest BCUT2D eigenvalue weighted by atomic mass is 10.1. The van der Waals surface area contributed by atoms with Crippen LogP contribution in [0.5, 0.6) is 5.75 Å². The van der Waals surface area contributed by atoms with Crippen molar-refractivity contribution < 1.29 is 14.7 Å². The van der Waals surface area contributed by atoms with E-state index in [1.165, 1.54) is 17.7 Å². The highest BCUT2D eigenvalue weighted by Crippen LogP contribution is 2.16. The number of amides is 2. The van der Waals surface area contributed by atoms with Crippen LogP contribution in [0.4, 0.5) is 5.69 Å². The lowest BCUT2D eigenvalue weighted by molar-refractivity contribution is -0.136. The van der Waals surface area contributed by atoms with E-state index >= 15 is 0 Å². The molecule has 5 heteroatoms. The Morgan fingerprint density at radius 2 is 1.78 bits per heavy atom. The monoisotopic (exact) mass is 312 g/mol. The molecular weight excluding hydrogens is 292 g/mol. The molecule has 1 atom stereocenters. The molecule has 0 saturated heterocycles. The van der Waals surface area contributed by atoms with E-state index in [4.69, 9.17) is 0 Å². The van der Waals surface area contributed by atoms with E-state index in [0.29, 0.717) is 5.69 Å². The number of anilines is 1. The number of benzene rings is 2. The van der Waals surface area contributed by atoms with Gasteiger partial charge in [-0.3, -0.25) is 9.59 Å². The largest absolute Gasteiger partial charge is 0.508 e. The van der Waals surface area contributed by atoms with Crippen LogP contribution < -0.4 is 10.6 Å². The van der Waals surface area contributed by atoms with Gasteiger partial charge in [0.25, 0.3) is 0 Å². The first-order valence-corrected chi connectivity index (χ1v) is 7.49. The summed E-state index contributed by atoms with van der Waals surface area (Å²) in [6.45, 7) is 3.90. The molecule has 5 nitrogen and oxygen atoms in total. The Bertz CT molecular complexity index is 696. The quantitative estimate of drug-likeness (QED) is 0.760. The first-order chi connectivity index (χ1) is 11.0. The van der Waals surface area contributed by atoms with Crippen LogP contribution in [-0.4, -0.2) is 16.9 Å². The minimum absolute atomic E-state index is 0.0209. The topological polar surface area (TPSA) is 78.4 Å². The van der Waals surface area contributed by atoms with E-state index in [2.05, 4.69) is 17.6 Å². The van der Waals surface area contributed by atoms with Gasteiger partial charge >= 0.3 is 11.8 Å². The summed E-state index contributed by atoms with van der Waals surface area (Å²) in [6.07, 6.45) is 0.952. The number of carbonyl (C=O) groups is 2. The highest BCUT2D eigenvalue weighted by molar-refractivity contribution is 6.39. The van der Waals surface area contributed by atoms with Crippen molar-refractivity contribution >= 4 is 17.5 Å². The van der Waals surface area contributed by atoms with E-state index in [-0.39, 0.29) is 11.8 Å². The Morgan fingerprint density at radius 1 is 1.09 bits per heavy atom. The molecular formula is C18H20N2O3. The van der Waals surface area contributed by atoms with Crippen molar-refractivity contribution in [1.82, 2.24) is 5.32 Å². The molecule has 0 aliphatic carbocycles. The van der Waals surface area contributed by atoms with E-state index in [0.717, 1.165) is 12.0 Å². The van der Waals surface area contributed by atoms with Gasteiger partial charge in [-0.1, -0.05) is 37.3 Å². The van der Waals surface area contributed by atoms with Gasteiger partial charge in [0.05, 0.1) is 6.04 Å². The molecule has 0 heterocycles. The molecule has 0 spiro atoms. The highest BCUT2D eigenvalue weighted by atomic mass is 16.3. The van der Waals surface area contributed by atoms with Crippen LogP contribution in [0.2, 0.25) is 0 Å². The Labute approximate surface area is 135 Å². The summed E-state index contributed by atoms with van der Waals surface area (Å²) in [5.41, 5.74) is 2.51. The average Bonchev–Trinajstić information content (AvgIpc) is 2.54. The second kappa shape index (κ2) is 7.45. The molecule has 2 rings (SSSR count). The van der Waals surface area contributed by atoms with Gasteiger partial charge in [0.2, 0.25) is 0 Å². The molecule has 3 N–H and O–H groups in total. The fourth-order valence-electron chi connectivity index (χ4n) is 2.16. The van der Waals surface area contributed by atoms with Crippen LogP contribution in [0.25, 0.3) is 0 Å². The van der Waals surface area contributed by atoms with Crippen LogP contribution in [0.15, 0.2) is 48.5 Å². The zero-order chi connectivity index (χ0) is 16.8. The van der Waals surface area contributed by atoms with E-state index in [1.807, 2.05) is 31.2 Å². The molecule has 2 aromatic carbocycles. The third-order valence-corrected chi connectivity index (χ3v) is 3.55. The maximum atomic E-state index is 12.0. The third kappa shape index (κ3) is 4.57. The van der Waals surface area contributed by atoms with Gasteiger partial charge in [-0.2, -0.15) is 0 Å². The van der Waals surface area contributed by atoms with Crippen LogP contribution in [0, 0.1) is 0 Å². The lowest BCUT2D eigenvalue weighted by Gasteiger charge is -2.14. The summed E-state index contributed by atoms with van der Waals surface area (Å²) in [5, 5.41) is 14.5. The average molecular weight is 312 g/mol. The SMILES string of the molecule is CCc1ccc(C(C)NC(=O)C(=O)Nc2cccc(O)c2)cc1. The zero-order valence-corrected chi connectivity index (χ0v) is 13.2. The van der Waals surface area contributed by atoms with Crippen LogP contribution >= 0.6 is 0 Å². The second-order valence-corrected chi connectivity index (χ2v) is 5.29. The summed E-state index contributed by atoms with van der Waals surface area (Å²) in [5.74, 6) is -1.47. The Balaban J connectivity index is 1.95. The first kappa shape index (κ1) is 16.5. The summed E-state index contributed by atoms with van der Waals surface area (Å²) in [7, 11) is 0. The Kier molecular flexibility index (Phi) is 5.36. The molecule has 0 radical (unpaired) electrons. The minimum Gasteiger partial charge on any atom is -0.508 e. The summed E-state index contributed by atoms with van der Waals surface area (Å²) < 4.78 is 0. The van der Waals surface area contributed by atoms with Crippen LogP contribution in [-0.2, 0) is 16.0 Å². The number of nitrogens with one attached hydrogen (secondary N) is 2. The van der Waals surface area contributed by atoms with E-state index in [1.54, 1.807) is 12.1 Å². The van der Waals surface area contributed by atoms with Crippen molar-refractivity contribution in [3.05, 3.63) is 59.7 Å². The molecule has 2 amide bonds. The molecule has 0 aliphatic heterocycles. The summed E-state index contributed by atoms with van der Waals surface area (Å²) in [4.78, 5) is 23.8. The van der Waals surface area contributed by atoms with Gasteiger partial charge < -0.3 is 15.7 Å². The van der Waals surface area contributed by atoms with Gasteiger partial charge in [-0.15, -0.1) is 0 Å². The minimum atomic E-state index is -0.771. The highest BCUT2D eigenvalue weighted by Gasteiger charge is 2.17. The normalized spacial score (nSPS) is 11.6. The Morgan fingerprint density at radius 3 is 2.39 bits per heavy atom. The zero-order valence-electron chi connectivity index (χ0n) is 13.2. The maximum absolute atomic E-state index is 12.0. The molecule has 120 valence electrons. The first-order valence-electron chi connectivity index (χ1n) is 7.49. The number of hydrogen-bond acceptors (Lipinski definition) is 3. The molecule has 23 heavy (non-hydrogen) atoms. The third-order valence-electron chi connectivity index (χ3n) is 3.55. The number of hydrogen-bond donors (Lipinski definition) is 3. The molecule has 1 unspecified atom stereocenters. The maximum Gasteiger partial charge on any atom is 0.313 e. The standard InChI is InChI=1S/C18H20N2O3/c1-3-13-7-9-14(10-8-13)12(2)19-17(22)18(23)20-15-5-4-6-16(21)11-15/h4-12,21H,3H2,1-2H3,(H,19,22)(H,20,23). The van der Waals surface area contributed by atoms with Crippen molar-refractivity contribution in [3.8, 4) is 5.75 Å². The summed E-state index contributed by atoms with van der Waals surface area (Å²) in [6, 6.07) is 13.7. The predicted octanol–water partition coefficient (Wildman–Crippen LogP) is 2.77. The van der Waals surface area contributed by atoms with Gasteiger partial charge in [0.1, 0.15) is 5.75 Å². The lowest BCUT2D eigenvalue weighted by Crippen LogP contribution is -2.36. The van der Waals surface area contributed by atoms with Crippen molar-refractivity contribution in [3.63, 3.8) is 0 Å². The van der Waals surface area contributed by atoms with Gasteiger partial charge in [0.15, 0.2) is 0 Å². The Hall–Kier alpha value is -2.82. The van der Waals surface area contributed by atoms with E-state index < -0.39 is 11.8 Å². The van der Waals surface area contributed by atoms with Crippen LogP contribution in [0.3, 0.4) is 0 Å². The second-order valence-electron chi connectivity index (χ2n) is 5.29.